The van der Waals surface area contributed by atoms with Gasteiger partial charge < -0.3 is 9.15 Å². The fraction of sp³-hybridized carbons (Fsp3) is 0.357. The van der Waals surface area contributed by atoms with E-state index in [1.807, 2.05) is 24.3 Å². The lowest BCUT2D eigenvalue weighted by atomic mass is 9.87. The molecule has 0 aliphatic heterocycles. The second kappa shape index (κ2) is 5.02. The van der Waals surface area contributed by atoms with Crippen LogP contribution >= 0.6 is 11.6 Å². The Hall–Kier alpha value is -1.48. The third-order valence-electron chi connectivity index (χ3n) is 2.59. The summed E-state index contributed by atoms with van der Waals surface area (Å²) in [4.78, 5) is 4.07. The predicted octanol–water partition coefficient (Wildman–Crippen LogP) is 4.50. The minimum Gasteiger partial charge on any atom is -0.417 e. The normalized spacial score (nSPS) is 11.6. The van der Waals surface area contributed by atoms with Crippen molar-refractivity contribution in [3.63, 3.8) is 0 Å². The van der Waals surface area contributed by atoms with Crippen LogP contribution in [0.5, 0.6) is 11.8 Å². The number of alkyl halides is 1. The van der Waals surface area contributed by atoms with Crippen molar-refractivity contribution in [2.75, 3.05) is 0 Å². The molecule has 0 N–H and O–H groups in total. The maximum atomic E-state index is 5.64. The summed E-state index contributed by atoms with van der Waals surface area (Å²) in [6.07, 6.45) is 1.71. The van der Waals surface area contributed by atoms with E-state index in [0.29, 0.717) is 17.3 Å². The van der Waals surface area contributed by atoms with Crippen molar-refractivity contribution in [3.8, 4) is 11.8 Å². The Kier molecular flexibility index (Phi) is 3.62. The van der Waals surface area contributed by atoms with Crippen LogP contribution in [0.15, 0.2) is 34.9 Å². The molecule has 1 aromatic heterocycles. The molecular weight excluding hydrogens is 250 g/mol. The zero-order chi connectivity index (χ0) is 13.2. The summed E-state index contributed by atoms with van der Waals surface area (Å²) < 4.78 is 10.6. The monoisotopic (exact) mass is 265 g/mol. The molecule has 2 rings (SSSR count). The minimum atomic E-state index is 0.132. The molecule has 1 aromatic carbocycles. The van der Waals surface area contributed by atoms with Gasteiger partial charge in [0.2, 0.25) is 0 Å². The van der Waals surface area contributed by atoms with E-state index in [2.05, 4.69) is 25.8 Å². The Labute approximate surface area is 112 Å². The van der Waals surface area contributed by atoms with Crippen molar-refractivity contribution in [2.45, 2.75) is 32.1 Å². The van der Waals surface area contributed by atoms with Gasteiger partial charge in [-0.05, 0) is 23.1 Å². The van der Waals surface area contributed by atoms with E-state index in [0.717, 1.165) is 0 Å². The van der Waals surface area contributed by atoms with E-state index >= 15 is 0 Å². The van der Waals surface area contributed by atoms with Crippen LogP contribution in [0.4, 0.5) is 0 Å². The van der Waals surface area contributed by atoms with Crippen molar-refractivity contribution in [1.29, 1.82) is 0 Å². The predicted molar refractivity (Wildman–Crippen MR) is 71.3 cm³/mol. The summed E-state index contributed by atoms with van der Waals surface area (Å²) in [6, 6.07) is 7.90. The first-order valence-corrected chi connectivity index (χ1v) is 6.31. The molecule has 0 spiro atoms. The second-order valence-corrected chi connectivity index (χ2v) is 5.38. The third kappa shape index (κ3) is 3.05. The number of nitrogens with zero attached hydrogens (tertiary/aromatic N) is 1. The number of hydrogen-bond acceptors (Lipinski definition) is 3. The molecular formula is C14H16ClNO2. The van der Waals surface area contributed by atoms with E-state index in [9.17, 15) is 0 Å². The van der Waals surface area contributed by atoms with Gasteiger partial charge in [0, 0.05) is 0 Å². The first kappa shape index (κ1) is 13.0. The van der Waals surface area contributed by atoms with Crippen LogP contribution in [-0.4, -0.2) is 4.98 Å². The quantitative estimate of drug-likeness (QED) is 0.766. The molecule has 2 aromatic rings. The van der Waals surface area contributed by atoms with Gasteiger partial charge in [-0.2, -0.15) is 4.98 Å². The van der Waals surface area contributed by atoms with E-state index in [1.165, 1.54) is 11.8 Å². The maximum absolute atomic E-state index is 5.64. The number of hydrogen-bond donors (Lipinski definition) is 0. The first-order valence-electron chi connectivity index (χ1n) is 5.78. The smallest absolute Gasteiger partial charge is 0.399 e. The largest absolute Gasteiger partial charge is 0.417 e. The second-order valence-electron chi connectivity index (χ2n) is 5.11. The Morgan fingerprint density at radius 2 is 1.89 bits per heavy atom. The molecule has 0 bridgehead atoms. The molecule has 18 heavy (non-hydrogen) atoms. The van der Waals surface area contributed by atoms with Gasteiger partial charge in [0.25, 0.3) is 0 Å². The third-order valence-corrected chi connectivity index (χ3v) is 2.87. The first-order chi connectivity index (χ1) is 8.49. The topological polar surface area (TPSA) is 35.3 Å². The molecule has 0 saturated heterocycles. The molecule has 0 saturated carbocycles. The highest BCUT2D eigenvalue weighted by Crippen LogP contribution is 2.26. The van der Waals surface area contributed by atoms with Gasteiger partial charge in [-0.25, -0.2) is 0 Å². The van der Waals surface area contributed by atoms with Crippen LogP contribution < -0.4 is 4.74 Å². The molecule has 3 nitrogen and oxygen atoms in total. The average molecular weight is 266 g/mol. The van der Waals surface area contributed by atoms with Gasteiger partial charge in [-0.15, -0.1) is 11.6 Å². The van der Waals surface area contributed by atoms with Crippen LogP contribution in [0.2, 0.25) is 0 Å². The van der Waals surface area contributed by atoms with Crippen molar-refractivity contribution in [1.82, 2.24) is 4.98 Å². The Bertz CT molecular complexity index is 511. The molecule has 96 valence electrons. The Morgan fingerprint density at radius 1 is 1.22 bits per heavy atom. The molecule has 0 aliphatic carbocycles. The molecule has 0 amide bonds. The number of ether oxygens (including phenoxy) is 1. The molecule has 0 aliphatic rings. The summed E-state index contributed by atoms with van der Waals surface area (Å²) >= 11 is 5.64. The van der Waals surface area contributed by atoms with Crippen LogP contribution in [0.1, 0.15) is 32.0 Å². The fourth-order valence-electron chi connectivity index (χ4n) is 1.52. The lowest BCUT2D eigenvalue weighted by Gasteiger charge is -2.18. The fourth-order valence-corrected chi connectivity index (χ4v) is 1.64. The van der Waals surface area contributed by atoms with Crippen molar-refractivity contribution in [2.24, 2.45) is 0 Å². The average Bonchev–Trinajstić information content (AvgIpc) is 2.76. The highest BCUT2D eigenvalue weighted by molar-refractivity contribution is 6.16. The summed E-state index contributed by atoms with van der Waals surface area (Å²) in [6.45, 7) is 6.51. The van der Waals surface area contributed by atoms with E-state index < -0.39 is 0 Å². The number of rotatable bonds is 3. The molecule has 4 heteroatoms. The lowest BCUT2D eigenvalue weighted by Crippen LogP contribution is -2.10. The molecule has 0 fully saturated rings. The van der Waals surface area contributed by atoms with Crippen molar-refractivity contribution >= 4 is 11.6 Å². The van der Waals surface area contributed by atoms with Crippen LogP contribution in [0, 0.1) is 0 Å². The molecule has 0 atom stereocenters. The highest BCUT2D eigenvalue weighted by Gasteiger charge is 2.13. The van der Waals surface area contributed by atoms with E-state index in [1.54, 1.807) is 0 Å². The highest BCUT2D eigenvalue weighted by atomic mass is 35.5. The standard InChI is InChI=1S/C14H16ClNO2/c1-14(2,3)10-4-6-12(7-5-10)18-13-16-11(8-15)9-17-13/h4-7,9H,8H2,1-3H3. The van der Waals surface area contributed by atoms with Crippen molar-refractivity contribution in [3.05, 3.63) is 41.8 Å². The van der Waals surface area contributed by atoms with E-state index in [4.69, 9.17) is 20.8 Å². The summed E-state index contributed by atoms with van der Waals surface area (Å²) in [5, 5.41) is 0. The van der Waals surface area contributed by atoms with E-state index in [-0.39, 0.29) is 11.5 Å². The summed E-state index contributed by atoms with van der Waals surface area (Å²) in [5.74, 6) is 1.02. The van der Waals surface area contributed by atoms with Gasteiger partial charge in [-0.3, -0.25) is 0 Å². The molecule has 0 unspecified atom stereocenters. The zero-order valence-electron chi connectivity index (χ0n) is 10.7. The number of halogens is 1. The zero-order valence-corrected chi connectivity index (χ0v) is 11.5. The van der Waals surface area contributed by atoms with Gasteiger partial charge in [0.1, 0.15) is 12.0 Å². The number of benzene rings is 1. The SMILES string of the molecule is CC(C)(C)c1ccc(Oc2nc(CCl)co2)cc1. The Balaban J connectivity index is 2.11. The van der Waals surface area contributed by atoms with Crippen LogP contribution in [0.3, 0.4) is 0 Å². The van der Waals surface area contributed by atoms with Crippen molar-refractivity contribution < 1.29 is 9.15 Å². The lowest BCUT2D eigenvalue weighted by molar-refractivity contribution is 0.330. The van der Waals surface area contributed by atoms with Gasteiger partial charge >= 0.3 is 6.08 Å². The van der Waals surface area contributed by atoms with Crippen LogP contribution in [0.25, 0.3) is 0 Å². The van der Waals surface area contributed by atoms with Gasteiger partial charge in [0.05, 0.1) is 11.6 Å². The number of oxazole rings is 1. The summed E-state index contributed by atoms with van der Waals surface area (Å²) in [5.41, 5.74) is 2.05. The molecule has 0 radical (unpaired) electrons. The summed E-state index contributed by atoms with van der Waals surface area (Å²) in [7, 11) is 0. The Morgan fingerprint density at radius 3 is 2.39 bits per heavy atom. The minimum absolute atomic E-state index is 0.132. The molecule has 1 heterocycles. The van der Waals surface area contributed by atoms with Crippen LogP contribution in [-0.2, 0) is 11.3 Å². The maximum Gasteiger partial charge on any atom is 0.399 e. The van der Waals surface area contributed by atoms with Gasteiger partial charge in [-0.1, -0.05) is 32.9 Å². The number of aromatic nitrogens is 1. The van der Waals surface area contributed by atoms with Gasteiger partial charge in [0.15, 0.2) is 0 Å².